The molecule has 1 aromatic carbocycles. The molecule has 34 heavy (non-hydrogen) atoms. The lowest BCUT2D eigenvalue weighted by Gasteiger charge is -2.42. The number of hydrogen-bond donors (Lipinski definition) is 1. The Morgan fingerprint density at radius 1 is 1.21 bits per heavy atom. The van der Waals surface area contributed by atoms with Crippen LogP contribution in [-0.4, -0.2) is 59.8 Å². The number of carbonyl (C=O) groups is 2. The van der Waals surface area contributed by atoms with Gasteiger partial charge in [0.1, 0.15) is 17.2 Å². The molecule has 2 amide bonds. The predicted molar refractivity (Wildman–Crippen MR) is 130 cm³/mol. The number of nitrogens with one attached hydrogen (secondary N) is 1. The Labute approximate surface area is 198 Å². The van der Waals surface area contributed by atoms with Crippen molar-refractivity contribution >= 4 is 34.7 Å². The first-order valence-corrected chi connectivity index (χ1v) is 11.9. The fourth-order valence-electron chi connectivity index (χ4n) is 5.32. The van der Waals surface area contributed by atoms with Crippen LogP contribution in [0.5, 0.6) is 0 Å². The molecule has 2 aromatic heterocycles. The number of pyridine rings is 1. The Hall–Kier alpha value is -3.45. The number of carbonyl (C=O) groups excluding carboxylic acids is 2. The van der Waals surface area contributed by atoms with Crippen LogP contribution in [0.3, 0.4) is 0 Å². The number of aromatic nitrogens is 1. The van der Waals surface area contributed by atoms with Gasteiger partial charge in [-0.3, -0.25) is 9.59 Å². The fraction of sp³-hybridized carbons (Fsp3) is 0.370. The first-order valence-electron chi connectivity index (χ1n) is 11.9. The molecule has 0 unspecified atom stereocenters. The highest BCUT2D eigenvalue weighted by molar-refractivity contribution is 5.98. The van der Waals surface area contributed by atoms with Gasteiger partial charge in [-0.2, -0.15) is 0 Å². The zero-order valence-electron chi connectivity index (χ0n) is 19.3. The van der Waals surface area contributed by atoms with Crippen LogP contribution in [0.25, 0.3) is 17.0 Å². The summed E-state index contributed by atoms with van der Waals surface area (Å²) in [5, 5.41) is 4.11. The first kappa shape index (κ1) is 21.1. The van der Waals surface area contributed by atoms with Gasteiger partial charge in [-0.1, -0.05) is 18.2 Å². The lowest BCUT2D eigenvalue weighted by molar-refractivity contribution is -0.130. The molecule has 2 fully saturated rings. The molecule has 2 saturated heterocycles. The molecule has 174 valence electrons. The third-order valence-corrected chi connectivity index (χ3v) is 7.63. The monoisotopic (exact) mass is 456 g/mol. The van der Waals surface area contributed by atoms with E-state index in [0.717, 1.165) is 53.8 Å². The Morgan fingerprint density at radius 2 is 2.00 bits per heavy atom. The lowest BCUT2D eigenvalue weighted by atomic mass is 9.71. The van der Waals surface area contributed by atoms with Gasteiger partial charge in [-0.05, 0) is 74.8 Å². The summed E-state index contributed by atoms with van der Waals surface area (Å²) in [4.78, 5) is 34.0. The Kier molecular flexibility index (Phi) is 5.03. The van der Waals surface area contributed by atoms with Crippen molar-refractivity contribution in [3.05, 3.63) is 65.6 Å². The summed E-state index contributed by atoms with van der Waals surface area (Å²) >= 11 is 0. The molecule has 7 nitrogen and oxygen atoms in total. The molecule has 3 aliphatic rings. The lowest BCUT2D eigenvalue weighted by Crippen LogP contribution is -2.49. The minimum Gasteiger partial charge on any atom is -0.461 e. The van der Waals surface area contributed by atoms with Gasteiger partial charge in [0.15, 0.2) is 0 Å². The van der Waals surface area contributed by atoms with E-state index in [1.54, 1.807) is 12.3 Å². The number of fused-ring (bicyclic) bond motifs is 2. The largest absolute Gasteiger partial charge is 0.461 e. The number of likely N-dealkylation sites (tertiary alicyclic amines) is 2. The topological polar surface area (TPSA) is 78.7 Å². The molecule has 3 aromatic rings. The van der Waals surface area contributed by atoms with Gasteiger partial charge in [0.25, 0.3) is 0 Å². The van der Waals surface area contributed by atoms with Gasteiger partial charge in [0.2, 0.25) is 11.8 Å². The van der Waals surface area contributed by atoms with Crippen LogP contribution in [0, 0.1) is 5.41 Å². The predicted octanol–water partition coefficient (Wildman–Crippen LogP) is 3.67. The van der Waals surface area contributed by atoms with Gasteiger partial charge in [-0.15, -0.1) is 0 Å². The second-order valence-electron chi connectivity index (χ2n) is 9.95. The molecule has 1 N–H and O–H groups in total. The molecule has 6 rings (SSSR count). The number of rotatable bonds is 3. The Morgan fingerprint density at radius 3 is 2.79 bits per heavy atom. The number of para-hydroxylation sites is 1. The smallest absolute Gasteiger partial charge is 0.246 e. The standard InChI is InChI=1S/C27H28N4O3/c1-30-10-8-27(9-11-30)14-20-12-18(15-28-25(20)29-26(27)33)6-7-24(32)31-16-21(17-31)23-13-19-4-2-3-5-22(19)34-23/h2-7,12-13,15,21H,8-11,14,16-17H2,1H3,(H,28,29,33). The van der Waals surface area contributed by atoms with Crippen molar-refractivity contribution in [1.29, 1.82) is 0 Å². The third-order valence-electron chi connectivity index (χ3n) is 7.63. The van der Waals surface area contributed by atoms with Crippen molar-refractivity contribution in [3.63, 3.8) is 0 Å². The van der Waals surface area contributed by atoms with E-state index in [-0.39, 0.29) is 23.1 Å². The maximum atomic E-state index is 12.8. The highest BCUT2D eigenvalue weighted by atomic mass is 16.3. The fourth-order valence-corrected chi connectivity index (χ4v) is 5.32. The molecule has 0 bridgehead atoms. The quantitative estimate of drug-likeness (QED) is 0.609. The first-order chi connectivity index (χ1) is 16.5. The summed E-state index contributed by atoms with van der Waals surface area (Å²) in [5.74, 6) is 1.91. The molecular formula is C27H28N4O3. The van der Waals surface area contributed by atoms with E-state index < -0.39 is 0 Å². The molecule has 0 saturated carbocycles. The molecule has 7 heteroatoms. The molecular weight excluding hydrogens is 428 g/mol. The molecule has 0 atom stereocenters. The van der Waals surface area contributed by atoms with Gasteiger partial charge in [0.05, 0.1) is 11.3 Å². The molecule has 0 radical (unpaired) electrons. The maximum Gasteiger partial charge on any atom is 0.246 e. The summed E-state index contributed by atoms with van der Waals surface area (Å²) in [6, 6.07) is 12.1. The van der Waals surface area contributed by atoms with Gasteiger partial charge < -0.3 is 19.5 Å². The van der Waals surface area contributed by atoms with Crippen LogP contribution in [0.1, 0.15) is 35.6 Å². The zero-order chi connectivity index (χ0) is 23.3. The maximum absolute atomic E-state index is 12.8. The van der Waals surface area contributed by atoms with E-state index in [4.69, 9.17) is 4.42 Å². The van der Waals surface area contributed by atoms with Crippen molar-refractivity contribution in [1.82, 2.24) is 14.8 Å². The van der Waals surface area contributed by atoms with Crippen molar-refractivity contribution < 1.29 is 14.0 Å². The number of nitrogens with zero attached hydrogens (tertiary/aromatic N) is 3. The van der Waals surface area contributed by atoms with Crippen molar-refractivity contribution in [2.75, 3.05) is 38.5 Å². The SMILES string of the molecule is CN1CCC2(CC1)Cc1cc(C=CC(=O)N3CC(c4cc5ccccc5o4)C3)cnc1NC2=O. The molecule has 0 aliphatic carbocycles. The summed E-state index contributed by atoms with van der Waals surface area (Å²) < 4.78 is 5.95. The third kappa shape index (κ3) is 3.70. The normalized spacial score (nSPS) is 20.5. The number of hydrogen-bond acceptors (Lipinski definition) is 5. The van der Waals surface area contributed by atoms with Crippen molar-refractivity contribution in [2.45, 2.75) is 25.2 Å². The molecule has 1 spiro atoms. The van der Waals surface area contributed by atoms with Crippen LogP contribution in [-0.2, 0) is 16.0 Å². The van der Waals surface area contributed by atoms with Gasteiger partial charge >= 0.3 is 0 Å². The van der Waals surface area contributed by atoms with Crippen LogP contribution in [0.2, 0.25) is 0 Å². The van der Waals surface area contributed by atoms with Crippen molar-refractivity contribution in [2.24, 2.45) is 5.41 Å². The van der Waals surface area contributed by atoms with Crippen LogP contribution in [0.4, 0.5) is 5.82 Å². The average Bonchev–Trinajstić information content (AvgIpc) is 3.23. The molecule has 5 heterocycles. The number of piperidine rings is 1. The van der Waals surface area contributed by atoms with Crippen LogP contribution >= 0.6 is 0 Å². The molecule has 3 aliphatic heterocycles. The van der Waals surface area contributed by atoms with E-state index in [9.17, 15) is 9.59 Å². The van der Waals surface area contributed by atoms with Crippen LogP contribution < -0.4 is 5.32 Å². The van der Waals surface area contributed by atoms with Gasteiger partial charge in [-0.25, -0.2) is 4.98 Å². The van der Waals surface area contributed by atoms with E-state index in [0.29, 0.717) is 25.3 Å². The van der Waals surface area contributed by atoms with E-state index >= 15 is 0 Å². The highest BCUT2D eigenvalue weighted by Gasteiger charge is 2.44. The van der Waals surface area contributed by atoms with Crippen molar-refractivity contribution in [3.8, 4) is 0 Å². The second-order valence-corrected chi connectivity index (χ2v) is 9.95. The summed E-state index contributed by atoms with van der Waals surface area (Å²) in [5.41, 5.74) is 2.47. The minimum atomic E-state index is -0.345. The van der Waals surface area contributed by atoms with Crippen LogP contribution in [0.15, 0.2) is 53.1 Å². The number of furan rings is 1. The van der Waals surface area contributed by atoms with E-state index in [2.05, 4.69) is 34.4 Å². The zero-order valence-corrected chi connectivity index (χ0v) is 19.3. The summed E-state index contributed by atoms with van der Waals surface area (Å²) in [7, 11) is 2.10. The van der Waals surface area contributed by atoms with E-state index in [1.165, 1.54) is 0 Å². The average molecular weight is 457 g/mol. The number of anilines is 1. The highest BCUT2D eigenvalue weighted by Crippen LogP contribution is 2.41. The Balaban J connectivity index is 1.10. The second kappa shape index (κ2) is 8.09. The summed E-state index contributed by atoms with van der Waals surface area (Å²) in [6.45, 7) is 3.17. The Bertz CT molecular complexity index is 1260. The van der Waals surface area contributed by atoms with E-state index in [1.807, 2.05) is 35.2 Å². The number of amides is 2. The summed E-state index contributed by atoms with van der Waals surface area (Å²) in [6.07, 6.45) is 7.56. The number of benzene rings is 1. The minimum absolute atomic E-state index is 0.00910. The van der Waals surface area contributed by atoms with Gasteiger partial charge in [0, 0.05) is 30.7 Å².